The third-order valence-electron chi connectivity index (χ3n) is 5.71. The normalized spacial score (nSPS) is 23.4. The van der Waals surface area contributed by atoms with Gasteiger partial charge in [-0.1, -0.05) is 61.6 Å². The number of thiol groups is 1. The number of hydrogen-bond acceptors (Lipinski definition) is 6. The zero-order valence-electron chi connectivity index (χ0n) is 16.6. The van der Waals surface area contributed by atoms with E-state index >= 15 is 0 Å². The molecule has 1 saturated heterocycles. The zero-order chi connectivity index (χ0) is 22.3. The maximum Gasteiger partial charge on any atom is 0.269 e. The number of aliphatic hydroxyl groups is 1. The number of amides is 1. The number of carbonyl (C=O) groups excluding carboxylic acids is 2. The molecule has 0 radical (unpaired) electrons. The van der Waals surface area contributed by atoms with Crippen molar-refractivity contribution in [1.82, 2.24) is 4.90 Å². The number of rotatable bonds is 7. The van der Waals surface area contributed by atoms with Gasteiger partial charge < -0.3 is 5.11 Å². The first-order chi connectivity index (χ1) is 14.8. The molecule has 9 heteroatoms. The molecule has 2 aliphatic rings. The maximum atomic E-state index is 13.1. The molecule has 0 bridgehead atoms. The molecule has 2 aromatic rings. The van der Waals surface area contributed by atoms with Crippen molar-refractivity contribution in [3.05, 3.63) is 81.5 Å². The molecule has 0 aromatic heterocycles. The smallest absolute Gasteiger partial charge is 0.269 e. The molecule has 4 rings (SSSR count). The van der Waals surface area contributed by atoms with Gasteiger partial charge in [-0.05, 0) is 29.7 Å². The Bertz CT molecular complexity index is 1090. The first-order valence-corrected chi connectivity index (χ1v) is 11.0. The zero-order valence-corrected chi connectivity index (χ0v) is 18.3. The molecule has 7 nitrogen and oxygen atoms in total. The van der Waals surface area contributed by atoms with Crippen LogP contribution in [0.1, 0.15) is 24.5 Å². The molecule has 160 valence electrons. The van der Waals surface area contributed by atoms with Crippen LogP contribution in [0.15, 0.2) is 60.3 Å². The summed E-state index contributed by atoms with van der Waals surface area (Å²) in [5.41, 5.74) is 1.65. The fourth-order valence-corrected chi connectivity index (χ4v) is 6.34. The molecule has 2 aromatic carbocycles. The largest absolute Gasteiger partial charge is 0.392 e. The summed E-state index contributed by atoms with van der Waals surface area (Å²) < 4.78 is 0. The van der Waals surface area contributed by atoms with Crippen LogP contribution >= 0.6 is 24.4 Å². The van der Waals surface area contributed by atoms with Gasteiger partial charge in [0.05, 0.1) is 16.9 Å². The number of nitrogens with zero attached hydrogens (tertiary/aromatic N) is 2. The van der Waals surface area contributed by atoms with Crippen LogP contribution in [0.25, 0.3) is 4.91 Å². The third kappa shape index (κ3) is 3.46. The van der Waals surface area contributed by atoms with Crippen LogP contribution in [-0.2, 0) is 16.0 Å². The summed E-state index contributed by atoms with van der Waals surface area (Å²) in [5, 5.41) is 21.1. The number of aliphatic hydroxyl groups excluding tert-OH is 1. The van der Waals surface area contributed by atoms with E-state index in [1.165, 1.54) is 28.8 Å². The first kappa shape index (κ1) is 21.6. The van der Waals surface area contributed by atoms with Crippen LogP contribution < -0.4 is 0 Å². The summed E-state index contributed by atoms with van der Waals surface area (Å²) in [7, 11) is 0. The van der Waals surface area contributed by atoms with Gasteiger partial charge >= 0.3 is 0 Å². The Morgan fingerprint density at radius 2 is 1.90 bits per heavy atom. The van der Waals surface area contributed by atoms with Gasteiger partial charge in [-0.3, -0.25) is 24.6 Å². The minimum atomic E-state index is -0.862. The summed E-state index contributed by atoms with van der Waals surface area (Å²) in [5.74, 6) is -0.993. The summed E-state index contributed by atoms with van der Waals surface area (Å²) in [4.78, 5) is 37.3. The molecular formula is C22H20N2O5S2. The summed E-state index contributed by atoms with van der Waals surface area (Å²) in [6, 6.07) is 15.4. The molecule has 31 heavy (non-hydrogen) atoms. The van der Waals surface area contributed by atoms with Gasteiger partial charge in [0.1, 0.15) is 10.6 Å². The second kappa shape index (κ2) is 8.14. The fourth-order valence-electron chi connectivity index (χ4n) is 4.26. The summed E-state index contributed by atoms with van der Waals surface area (Å²) in [6.07, 6.45) is -0.0156. The Labute approximate surface area is 188 Å². The second-order valence-corrected chi connectivity index (χ2v) is 9.25. The van der Waals surface area contributed by atoms with Crippen molar-refractivity contribution in [2.24, 2.45) is 5.92 Å². The molecule has 2 aliphatic heterocycles. The number of thioether (sulfide) groups is 1. The van der Waals surface area contributed by atoms with E-state index in [1.54, 1.807) is 12.1 Å². The highest BCUT2D eigenvalue weighted by Crippen LogP contribution is 2.63. The van der Waals surface area contributed by atoms with Crippen molar-refractivity contribution in [3.63, 3.8) is 0 Å². The van der Waals surface area contributed by atoms with Gasteiger partial charge in [-0.2, -0.15) is 0 Å². The minimum Gasteiger partial charge on any atom is -0.392 e. The van der Waals surface area contributed by atoms with Crippen LogP contribution in [0.5, 0.6) is 0 Å². The van der Waals surface area contributed by atoms with Gasteiger partial charge in [-0.25, -0.2) is 0 Å². The lowest BCUT2D eigenvalue weighted by Crippen LogP contribution is -2.71. The predicted molar refractivity (Wildman–Crippen MR) is 121 cm³/mol. The van der Waals surface area contributed by atoms with Crippen molar-refractivity contribution in [3.8, 4) is 0 Å². The molecule has 2 heterocycles. The number of β-lactam (4-membered cyclic amide) rings is 1. The number of carbonyl (C=O) groups is 2. The number of fused-ring (bicyclic) bond motifs is 1. The van der Waals surface area contributed by atoms with Crippen LogP contribution in [0.4, 0.5) is 5.69 Å². The SMILES string of the molecule is CC[C@H](O)[C@@H]1C(=O)N2C(C(=O)S)=C(c3ccc([N+](=O)[O-])cc3)S[C@]12Cc1ccccc1. The standard InChI is InChI=1S/C22H20N2O5S2/c1-2-16(25)17-20(26)23-18(21(27)30)19(14-8-10-15(11-9-14)24(28)29)31-22(17,23)12-13-6-4-3-5-7-13/h3-11,16-17,25H,2,12H2,1H3,(H,27,30)/t16-,17+,22+/m0/s1. The van der Waals surface area contributed by atoms with E-state index < -0.39 is 26.9 Å². The Balaban J connectivity index is 1.81. The number of hydrogen-bond donors (Lipinski definition) is 2. The first-order valence-electron chi connectivity index (χ1n) is 9.77. The molecule has 0 unspecified atom stereocenters. The molecule has 1 amide bonds. The molecule has 1 N–H and O–H groups in total. The molecule has 0 aliphatic carbocycles. The predicted octanol–water partition coefficient (Wildman–Crippen LogP) is 3.63. The molecule has 3 atom stereocenters. The monoisotopic (exact) mass is 456 g/mol. The lowest BCUT2D eigenvalue weighted by atomic mass is 9.77. The average Bonchev–Trinajstić information content (AvgIpc) is 3.05. The Hall–Kier alpha value is -2.62. The van der Waals surface area contributed by atoms with E-state index in [-0.39, 0.29) is 17.3 Å². The van der Waals surface area contributed by atoms with E-state index in [0.717, 1.165) is 5.56 Å². The molecule has 0 saturated carbocycles. The number of nitro groups is 1. The average molecular weight is 457 g/mol. The van der Waals surface area contributed by atoms with Crippen molar-refractivity contribution < 1.29 is 19.6 Å². The van der Waals surface area contributed by atoms with Crippen molar-refractivity contribution >= 4 is 46.0 Å². The Morgan fingerprint density at radius 1 is 1.26 bits per heavy atom. The molecule has 0 spiro atoms. The van der Waals surface area contributed by atoms with Gasteiger partial charge in [0.15, 0.2) is 0 Å². The lowest BCUT2D eigenvalue weighted by molar-refractivity contribution is -0.384. The Morgan fingerprint density at radius 3 is 2.45 bits per heavy atom. The number of benzene rings is 2. The number of nitro benzene ring substituents is 1. The Kier molecular flexibility index (Phi) is 5.67. The van der Waals surface area contributed by atoms with Crippen LogP contribution in [0, 0.1) is 16.0 Å². The highest BCUT2D eigenvalue weighted by atomic mass is 32.2. The quantitative estimate of drug-likeness (QED) is 0.286. The number of non-ortho nitro benzene ring substituents is 1. The topological polar surface area (TPSA) is 101 Å². The van der Waals surface area contributed by atoms with Crippen molar-refractivity contribution in [2.45, 2.75) is 30.7 Å². The van der Waals surface area contributed by atoms with Gasteiger partial charge in [0.2, 0.25) is 11.0 Å². The van der Waals surface area contributed by atoms with E-state index in [2.05, 4.69) is 12.6 Å². The van der Waals surface area contributed by atoms with Gasteiger partial charge in [0, 0.05) is 23.5 Å². The molecular weight excluding hydrogens is 436 g/mol. The highest BCUT2D eigenvalue weighted by molar-refractivity contribution is 8.10. The third-order valence-corrected chi connectivity index (χ3v) is 7.49. The maximum absolute atomic E-state index is 13.1. The van der Waals surface area contributed by atoms with Gasteiger partial charge in [-0.15, -0.1) is 0 Å². The van der Waals surface area contributed by atoms with Crippen molar-refractivity contribution in [2.75, 3.05) is 0 Å². The van der Waals surface area contributed by atoms with Crippen LogP contribution in [-0.4, -0.2) is 36.9 Å². The summed E-state index contributed by atoms with van der Waals surface area (Å²) >= 11 is 5.37. The van der Waals surface area contributed by atoms with E-state index in [0.29, 0.717) is 23.3 Å². The van der Waals surface area contributed by atoms with E-state index in [9.17, 15) is 24.8 Å². The summed E-state index contributed by atoms with van der Waals surface area (Å²) in [6.45, 7) is 1.81. The van der Waals surface area contributed by atoms with E-state index in [4.69, 9.17) is 0 Å². The van der Waals surface area contributed by atoms with Crippen LogP contribution in [0.3, 0.4) is 0 Å². The highest BCUT2D eigenvalue weighted by Gasteiger charge is 2.68. The fraction of sp³-hybridized carbons (Fsp3) is 0.273. The lowest BCUT2D eigenvalue weighted by Gasteiger charge is -2.55. The second-order valence-electron chi connectivity index (χ2n) is 7.52. The van der Waals surface area contributed by atoms with Gasteiger partial charge in [0.25, 0.3) is 5.69 Å². The van der Waals surface area contributed by atoms with Crippen molar-refractivity contribution in [1.29, 1.82) is 0 Å². The van der Waals surface area contributed by atoms with Crippen LogP contribution in [0.2, 0.25) is 0 Å². The van der Waals surface area contributed by atoms with E-state index in [1.807, 2.05) is 37.3 Å². The molecule has 1 fully saturated rings. The minimum absolute atomic E-state index is 0.0660.